The zero-order valence-electron chi connectivity index (χ0n) is 14.7. The lowest BCUT2D eigenvalue weighted by Crippen LogP contribution is -2.40. The van der Waals surface area contributed by atoms with Gasteiger partial charge < -0.3 is 9.47 Å². The van der Waals surface area contributed by atoms with Crippen LogP contribution in [0.2, 0.25) is 0 Å². The van der Waals surface area contributed by atoms with Gasteiger partial charge in [-0.1, -0.05) is 0 Å². The lowest BCUT2D eigenvalue weighted by Gasteiger charge is -2.31. The highest BCUT2D eigenvalue weighted by Crippen LogP contribution is 2.49. The monoisotopic (exact) mass is 332 g/mol. The van der Waals surface area contributed by atoms with Gasteiger partial charge in [-0.2, -0.15) is 0 Å². The van der Waals surface area contributed by atoms with Crippen LogP contribution < -0.4 is 4.90 Å². The van der Waals surface area contributed by atoms with Crippen LogP contribution in [0, 0.1) is 0 Å². The fourth-order valence-corrected chi connectivity index (χ4v) is 3.11. The minimum absolute atomic E-state index is 0.227. The van der Waals surface area contributed by atoms with Crippen LogP contribution in [0.15, 0.2) is 12.1 Å². The number of carbonyl (C=O) groups is 2. The Morgan fingerprint density at radius 1 is 1.25 bits per heavy atom. The van der Waals surface area contributed by atoms with Crippen molar-refractivity contribution in [2.24, 2.45) is 0 Å². The van der Waals surface area contributed by atoms with Gasteiger partial charge in [0.2, 0.25) is 0 Å². The van der Waals surface area contributed by atoms with E-state index in [1.807, 2.05) is 32.9 Å². The van der Waals surface area contributed by atoms with E-state index >= 15 is 0 Å². The maximum atomic E-state index is 12.4. The maximum absolute atomic E-state index is 12.4. The normalized spacial score (nSPS) is 18.6. The number of ether oxygens (including phenoxy) is 2. The van der Waals surface area contributed by atoms with Crippen molar-refractivity contribution < 1.29 is 19.1 Å². The van der Waals surface area contributed by atoms with Crippen molar-refractivity contribution in [3.8, 4) is 0 Å². The average Bonchev–Trinajstić information content (AvgIpc) is 3.33. The summed E-state index contributed by atoms with van der Waals surface area (Å²) in [5, 5.41) is 0. The van der Waals surface area contributed by atoms with Gasteiger partial charge in [-0.05, 0) is 58.6 Å². The highest BCUT2D eigenvalue weighted by molar-refractivity contribution is 5.90. The summed E-state index contributed by atoms with van der Waals surface area (Å²) in [6, 6.07) is 3.72. The zero-order valence-corrected chi connectivity index (χ0v) is 14.7. The van der Waals surface area contributed by atoms with Crippen molar-refractivity contribution in [3.63, 3.8) is 0 Å². The molecule has 1 fully saturated rings. The minimum atomic E-state index is -0.585. The van der Waals surface area contributed by atoms with Crippen molar-refractivity contribution in [3.05, 3.63) is 23.5 Å². The summed E-state index contributed by atoms with van der Waals surface area (Å²) in [7, 11) is 1.41. The predicted molar refractivity (Wildman–Crippen MR) is 89.1 cm³/mol. The number of fused-ring (bicyclic) bond motifs is 1. The zero-order chi connectivity index (χ0) is 17.5. The van der Waals surface area contributed by atoms with Crippen LogP contribution in [-0.4, -0.2) is 36.3 Å². The number of methoxy groups -OCH3 is 1. The molecule has 2 heterocycles. The van der Waals surface area contributed by atoms with Gasteiger partial charge in [0.25, 0.3) is 0 Å². The van der Waals surface area contributed by atoms with Crippen LogP contribution in [0.3, 0.4) is 0 Å². The molecule has 1 amide bonds. The molecule has 1 aromatic heterocycles. The van der Waals surface area contributed by atoms with Crippen LogP contribution in [-0.2, 0) is 26.1 Å². The van der Waals surface area contributed by atoms with Crippen molar-refractivity contribution in [2.45, 2.75) is 57.5 Å². The quantitative estimate of drug-likeness (QED) is 0.779. The topological polar surface area (TPSA) is 68.7 Å². The third-order valence-corrected chi connectivity index (χ3v) is 4.47. The second-order valence-corrected chi connectivity index (χ2v) is 7.47. The fourth-order valence-electron chi connectivity index (χ4n) is 3.11. The molecule has 6 nitrogen and oxygen atoms in total. The standard InChI is InChI=1S/C18H24N2O4/c1-17(2,3)24-16(22)20-11-5-6-12-13(20)7-8-14(19-12)18(9-10-18)15(21)23-4/h7-8H,5-6,9-11H2,1-4H3. The van der Waals surface area contributed by atoms with Crippen LogP contribution >= 0.6 is 0 Å². The number of nitrogens with zero attached hydrogens (tertiary/aromatic N) is 2. The summed E-state index contributed by atoms with van der Waals surface area (Å²) in [5.41, 5.74) is 1.25. The average molecular weight is 332 g/mol. The number of esters is 1. The first kappa shape index (κ1) is 16.7. The molecule has 0 saturated heterocycles. The van der Waals surface area contributed by atoms with Gasteiger partial charge in [0.15, 0.2) is 0 Å². The number of carbonyl (C=O) groups excluding carboxylic acids is 2. The molecule has 0 aromatic carbocycles. The van der Waals surface area contributed by atoms with Crippen LogP contribution in [0.5, 0.6) is 0 Å². The van der Waals surface area contributed by atoms with E-state index in [1.54, 1.807) is 4.90 Å². The van der Waals surface area contributed by atoms with E-state index in [0.717, 1.165) is 42.8 Å². The molecule has 0 unspecified atom stereocenters. The Labute approximate surface area is 142 Å². The Morgan fingerprint density at radius 3 is 2.54 bits per heavy atom. The van der Waals surface area contributed by atoms with Gasteiger partial charge in [0.1, 0.15) is 11.0 Å². The van der Waals surface area contributed by atoms with Crippen molar-refractivity contribution in [2.75, 3.05) is 18.6 Å². The van der Waals surface area contributed by atoms with E-state index in [1.165, 1.54) is 7.11 Å². The van der Waals surface area contributed by atoms with E-state index < -0.39 is 11.0 Å². The molecule has 0 bridgehead atoms. The molecule has 1 aromatic rings. The number of aryl methyl sites for hydroxylation is 1. The first-order valence-corrected chi connectivity index (χ1v) is 8.36. The second kappa shape index (κ2) is 5.76. The molecule has 1 aliphatic carbocycles. The van der Waals surface area contributed by atoms with E-state index in [0.29, 0.717) is 6.54 Å². The Morgan fingerprint density at radius 2 is 1.96 bits per heavy atom. The summed E-state index contributed by atoms with van der Waals surface area (Å²) < 4.78 is 10.4. The maximum Gasteiger partial charge on any atom is 0.414 e. The highest BCUT2D eigenvalue weighted by atomic mass is 16.6. The van der Waals surface area contributed by atoms with Crippen LogP contribution in [0.1, 0.15) is 51.4 Å². The van der Waals surface area contributed by atoms with Gasteiger partial charge in [-0.15, -0.1) is 0 Å². The largest absolute Gasteiger partial charge is 0.468 e. The van der Waals surface area contributed by atoms with Crippen molar-refractivity contribution in [1.82, 2.24) is 4.98 Å². The molecular weight excluding hydrogens is 308 g/mol. The molecule has 1 saturated carbocycles. The SMILES string of the molecule is COC(=O)C1(c2ccc3c(n2)CCCN3C(=O)OC(C)(C)C)CC1. The van der Waals surface area contributed by atoms with Crippen LogP contribution in [0.4, 0.5) is 10.5 Å². The lowest BCUT2D eigenvalue weighted by atomic mass is 9.99. The van der Waals surface area contributed by atoms with E-state index in [4.69, 9.17) is 14.5 Å². The third kappa shape index (κ3) is 2.97. The fraction of sp³-hybridized carbons (Fsp3) is 0.611. The summed E-state index contributed by atoms with van der Waals surface area (Å²) in [4.78, 5) is 30.8. The lowest BCUT2D eigenvalue weighted by molar-refractivity contribution is -0.143. The Kier molecular flexibility index (Phi) is 4.01. The van der Waals surface area contributed by atoms with Crippen molar-refractivity contribution >= 4 is 17.7 Å². The number of amides is 1. The van der Waals surface area contributed by atoms with Crippen LogP contribution in [0.25, 0.3) is 0 Å². The summed E-state index contributed by atoms with van der Waals surface area (Å²) >= 11 is 0. The summed E-state index contributed by atoms with van der Waals surface area (Å²) in [6.07, 6.45) is 2.79. The molecule has 2 aliphatic rings. The first-order valence-electron chi connectivity index (χ1n) is 8.36. The Hall–Kier alpha value is -2.11. The van der Waals surface area contributed by atoms with Gasteiger partial charge in [-0.25, -0.2) is 4.79 Å². The number of aromatic nitrogens is 1. The van der Waals surface area contributed by atoms with Crippen molar-refractivity contribution in [1.29, 1.82) is 0 Å². The smallest absolute Gasteiger partial charge is 0.414 e. The molecule has 130 valence electrons. The molecule has 24 heavy (non-hydrogen) atoms. The predicted octanol–water partition coefficient (Wildman–Crippen LogP) is 2.97. The number of pyridine rings is 1. The highest BCUT2D eigenvalue weighted by Gasteiger charge is 2.54. The molecule has 0 spiro atoms. The molecule has 6 heteroatoms. The molecule has 0 radical (unpaired) electrons. The summed E-state index contributed by atoms with van der Waals surface area (Å²) in [5.74, 6) is -0.227. The number of rotatable bonds is 2. The first-order chi connectivity index (χ1) is 11.3. The Bertz CT molecular complexity index is 674. The second-order valence-electron chi connectivity index (χ2n) is 7.47. The van der Waals surface area contributed by atoms with Gasteiger partial charge in [-0.3, -0.25) is 14.7 Å². The Balaban J connectivity index is 1.88. The molecular formula is C18H24N2O4. The molecule has 0 atom stereocenters. The minimum Gasteiger partial charge on any atom is -0.468 e. The van der Waals surface area contributed by atoms with E-state index in [2.05, 4.69) is 0 Å². The van der Waals surface area contributed by atoms with E-state index in [-0.39, 0.29) is 12.1 Å². The molecule has 0 N–H and O–H groups in total. The molecule has 1 aliphatic heterocycles. The molecule has 3 rings (SSSR count). The van der Waals surface area contributed by atoms with Gasteiger partial charge in [0, 0.05) is 6.54 Å². The number of hydrogen-bond donors (Lipinski definition) is 0. The van der Waals surface area contributed by atoms with Gasteiger partial charge >= 0.3 is 12.1 Å². The summed E-state index contributed by atoms with van der Waals surface area (Å²) in [6.45, 7) is 6.17. The number of hydrogen-bond acceptors (Lipinski definition) is 5. The third-order valence-electron chi connectivity index (χ3n) is 4.47. The number of anilines is 1. The van der Waals surface area contributed by atoms with Gasteiger partial charge in [0.05, 0.1) is 24.2 Å². The van der Waals surface area contributed by atoms with E-state index in [9.17, 15) is 9.59 Å².